The van der Waals surface area contributed by atoms with Crippen LogP contribution in [0.3, 0.4) is 0 Å². The molecule has 0 aliphatic carbocycles. The Morgan fingerprint density at radius 3 is 2.95 bits per heavy atom. The van der Waals surface area contributed by atoms with Gasteiger partial charge < -0.3 is 9.15 Å². The van der Waals surface area contributed by atoms with E-state index in [9.17, 15) is 4.39 Å². The molecule has 1 aliphatic heterocycles. The highest BCUT2D eigenvalue weighted by molar-refractivity contribution is 5.78. The van der Waals surface area contributed by atoms with Crippen molar-refractivity contribution in [3.05, 3.63) is 35.8 Å². The van der Waals surface area contributed by atoms with Crippen molar-refractivity contribution in [3.63, 3.8) is 0 Å². The summed E-state index contributed by atoms with van der Waals surface area (Å²) in [5.41, 5.74) is 3.41. The molecule has 2 heterocycles. The molecular formula is C14H17FN2O2. The van der Waals surface area contributed by atoms with Crippen LogP contribution in [0.1, 0.15) is 25.1 Å². The van der Waals surface area contributed by atoms with Crippen LogP contribution in [0.5, 0.6) is 0 Å². The lowest BCUT2D eigenvalue weighted by Crippen LogP contribution is -2.38. The standard InChI is InChI=1S/C14H17FN2O2/c1-8-4-5-18-14(8)13(17-16)12-7-9-6-10(15)2-3-11(9)19-12/h2-3,6-8,13-14,17H,4-5,16H2,1H3. The van der Waals surface area contributed by atoms with E-state index in [1.165, 1.54) is 12.1 Å². The van der Waals surface area contributed by atoms with Crippen LogP contribution in [0.25, 0.3) is 11.0 Å². The number of furan rings is 1. The van der Waals surface area contributed by atoms with Gasteiger partial charge in [0.2, 0.25) is 0 Å². The fourth-order valence-electron chi connectivity index (χ4n) is 2.67. The maximum atomic E-state index is 13.2. The van der Waals surface area contributed by atoms with Crippen LogP contribution in [0, 0.1) is 11.7 Å². The van der Waals surface area contributed by atoms with E-state index >= 15 is 0 Å². The SMILES string of the molecule is CC1CCOC1C(NN)c1cc2cc(F)ccc2o1. The van der Waals surface area contributed by atoms with Crippen LogP contribution in [-0.4, -0.2) is 12.7 Å². The van der Waals surface area contributed by atoms with Gasteiger partial charge in [0, 0.05) is 12.0 Å². The molecule has 3 unspecified atom stereocenters. The highest BCUT2D eigenvalue weighted by Gasteiger charge is 2.34. The Labute approximate surface area is 110 Å². The molecular weight excluding hydrogens is 247 g/mol. The van der Waals surface area contributed by atoms with E-state index in [2.05, 4.69) is 12.3 Å². The topological polar surface area (TPSA) is 60.4 Å². The average Bonchev–Trinajstić information content (AvgIpc) is 2.97. The Bertz CT molecular complexity index is 584. The number of nitrogens with one attached hydrogen (secondary N) is 1. The molecule has 19 heavy (non-hydrogen) atoms. The first-order valence-electron chi connectivity index (χ1n) is 6.46. The first kappa shape index (κ1) is 12.6. The highest BCUT2D eigenvalue weighted by atomic mass is 19.1. The molecule has 1 saturated heterocycles. The molecule has 0 amide bonds. The van der Waals surface area contributed by atoms with Crippen molar-refractivity contribution in [2.45, 2.75) is 25.5 Å². The second kappa shape index (κ2) is 4.92. The van der Waals surface area contributed by atoms with Gasteiger partial charge in [-0.25, -0.2) is 9.82 Å². The number of fused-ring (bicyclic) bond motifs is 1. The number of rotatable bonds is 3. The zero-order valence-corrected chi connectivity index (χ0v) is 10.7. The van der Waals surface area contributed by atoms with Crippen LogP contribution < -0.4 is 11.3 Å². The highest BCUT2D eigenvalue weighted by Crippen LogP contribution is 2.33. The van der Waals surface area contributed by atoms with Gasteiger partial charge in [-0.1, -0.05) is 6.92 Å². The van der Waals surface area contributed by atoms with Crippen LogP contribution in [-0.2, 0) is 4.74 Å². The van der Waals surface area contributed by atoms with Gasteiger partial charge >= 0.3 is 0 Å². The number of hydrogen-bond donors (Lipinski definition) is 2. The van der Waals surface area contributed by atoms with Gasteiger partial charge in [-0.15, -0.1) is 0 Å². The van der Waals surface area contributed by atoms with Crippen LogP contribution >= 0.6 is 0 Å². The molecule has 3 atom stereocenters. The minimum atomic E-state index is -0.275. The molecule has 1 aromatic heterocycles. The summed E-state index contributed by atoms with van der Waals surface area (Å²) >= 11 is 0. The molecule has 5 heteroatoms. The maximum absolute atomic E-state index is 13.2. The summed E-state index contributed by atoms with van der Waals surface area (Å²) in [5, 5.41) is 0.737. The van der Waals surface area contributed by atoms with Crippen molar-refractivity contribution in [1.29, 1.82) is 0 Å². The van der Waals surface area contributed by atoms with Crippen LogP contribution in [0.4, 0.5) is 4.39 Å². The molecule has 3 N–H and O–H groups in total. The van der Waals surface area contributed by atoms with Crippen molar-refractivity contribution in [1.82, 2.24) is 5.43 Å². The Hall–Kier alpha value is -1.43. The van der Waals surface area contributed by atoms with Gasteiger partial charge in [0.25, 0.3) is 0 Å². The summed E-state index contributed by atoms with van der Waals surface area (Å²) in [7, 11) is 0. The lowest BCUT2D eigenvalue weighted by Gasteiger charge is -2.23. The fourth-order valence-corrected chi connectivity index (χ4v) is 2.67. The molecule has 2 aromatic rings. The number of ether oxygens (including phenoxy) is 1. The number of hydrazine groups is 1. The van der Waals surface area contributed by atoms with Gasteiger partial charge in [-0.3, -0.25) is 5.84 Å². The Morgan fingerprint density at radius 2 is 2.26 bits per heavy atom. The molecule has 0 spiro atoms. The fraction of sp³-hybridized carbons (Fsp3) is 0.429. The van der Waals surface area contributed by atoms with Crippen molar-refractivity contribution >= 4 is 11.0 Å². The first-order valence-corrected chi connectivity index (χ1v) is 6.46. The lowest BCUT2D eigenvalue weighted by molar-refractivity contribution is 0.0544. The van der Waals surface area contributed by atoms with Gasteiger partial charge in [-0.2, -0.15) is 0 Å². The lowest BCUT2D eigenvalue weighted by atomic mass is 9.96. The molecule has 0 bridgehead atoms. The maximum Gasteiger partial charge on any atom is 0.134 e. The summed E-state index contributed by atoms with van der Waals surface area (Å²) in [6, 6.07) is 6.06. The Kier molecular flexibility index (Phi) is 3.26. The summed E-state index contributed by atoms with van der Waals surface area (Å²) in [4.78, 5) is 0. The number of nitrogens with two attached hydrogens (primary N) is 1. The third kappa shape index (κ3) is 2.25. The molecule has 0 saturated carbocycles. The van der Waals surface area contributed by atoms with E-state index in [1.54, 1.807) is 6.07 Å². The number of benzene rings is 1. The molecule has 1 aromatic carbocycles. The zero-order valence-electron chi connectivity index (χ0n) is 10.7. The third-order valence-electron chi connectivity index (χ3n) is 3.76. The normalized spacial score (nSPS) is 25.0. The second-order valence-electron chi connectivity index (χ2n) is 5.08. The second-order valence-corrected chi connectivity index (χ2v) is 5.08. The molecule has 1 aliphatic rings. The van der Waals surface area contributed by atoms with Crippen molar-refractivity contribution in [2.75, 3.05) is 6.61 Å². The summed E-state index contributed by atoms with van der Waals surface area (Å²) in [5.74, 6) is 6.45. The van der Waals surface area contributed by atoms with E-state index in [0.29, 0.717) is 17.3 Å². The summed E-state index contributed by atoms with van der Waals surface area (Å²) in [6.07, 6.45) is 0.993. The van der Waals surface area contributed by atoms with Gasteiger partial charge in [0.15, 0.2) is 0 Å². The van der Waals surface area contributed by atoms with Crippen LogP contribution in [0.15, 0.2) is 28.7 Å². The third-order valence-corrected chi connectivity index (χ3v) is 3.76. The van der Waals surface area contributed by atoms with Gasteiger partial charge in [-0.05, 0) is 36.6 Å². The smallest absolute Gasteiger partial charge is 0.134 e. The van der Waals surface area contributed by atoms with E-state index in [-0.39, 0.29) is 18.0 Å². The van der Waals surface area contributed by atoms with E-state index < -0.39 is 0 Å². The Balaban J connectivity index is 1.96. The monoisotopic (exact) mass is 264 g/mol. The van der Waals surface area contributed by atoms with Crippen LogP contribution in [0.2, 0.25) is 0 Å². The summed E-state index contributed by atoms with van der Waals surface area (Å²) < 4.78 is 24.6. The average molecular weight is 264 g/mol. The zero-order chi connectivity index (χ0) is 13.4. The minimum absolute atomic E-state index is 0.0181. The Morgan fingerprint density at radius 1 is 1.42 bits per heavy atom. The molecule has 3 rings (SSSR count). The predicted octanol–water partition coefficient (Wildman–Crippen LogP) is 2.50. The first-order chi connectivity index (χ1) is 9.19. The van der Waals surface area contributed by atoms with Gasteiger partial charge in [0.05, 0.1) is 6.10 Å². The predicted molar refractivity (Wildman–Crippen MR) is 69.8 cm³/mol. The number of halogens is 1. The molecule has 4 nitrogen and oxygen atoms in total. The minimum Gasteiger partial charge on any atom is -0.459 e. The quantitative estimate of drug-likeness (QED) is 0.660. The molecule has 1 fully saturated rings. The number of hydrogen-bond acceptors (Lipinski definition) is 4. The van der Waals surface area contributed by atoms with Gasteiger partial charge in [0.1, 0.15) is 23.2 Å². The van der Waals surface area contributed by atoms with Crippen molar-refractivity contribution in [3.8, 4) is 0 Å². The largest absolute Gasteiger partial charge is 0.459 e. The molecule has 0 radical (unpaired) electrons. The van der Waals surface area contributed by atoms with Crippen molar-refractivity contribution in [2.24, 2.45) is 11.8 Å². The molecule has 102 valence electrons. The van der Waals surface area contributed by atoms with Crippen molar-refractivity contribution < 1.29 is 13.5 Å². The van der Waals surface area contributed by atoms with E-state index in [4.69, 9.17) is 15.0 Å². The van der Waals surface area contributed by atoms with E-state index in [1.807, 2.05) is 6.07 Å². The summed E-state index contributed by atoms with van der Waals surface area (Å²) in [6.45, 7) is 2.86. The van der Waals surface area contributed by atoms with E-state index in [0.717, 1.165) is 18.4 Å².